The smallest absolute Gasteiger partial charge is 0.137 e. The lowest BCUT2D eigenvalue weighted by Gasteiger charge is -2.28. The van der Waals surface area contributed by atoms with Crippen LogP contribution < -0.4 is 4.90 Å². The van der Waals surface area contributed by atoms with E-state index in [1.807, 2.05) is 6.07 Å². The number of benzene rings is 8. The summed E-state index contributed by atoms with van der Waals surface area (Å²) < 4.78 is 6.46. The second-order valence-corrected chi connectivity index (χ2v) is 16.7. The summed E-state index contributed by atoms with van der Waals surface area (Å²) in [6.07, 6.45) is 6.70. The van der Waals surface area contributed by atoms with Crippen LogP contribution in [0.2, 0.25) is 0 Å². The van der Waals surface area contributed by atoms with Crippen molar-refractivity contribution in [1.29, 1.82) is 0 Å². The first-order valence-corrected chi connectivity index (χ1v) is 20.7. The van der Waals surface area contributed by atoms with E-state index >= 15 is 0 Å². The Hall–Kier alpha value is -6.38. The standard InChI is InChI=1S/C55H45NO/c1-55(2)50-33-40(36-13-5-3-6-14-36)25-30-46(50)47-31-28-42(34-51(47)55)56(43-29-32-49-48-19-9-10-22-52(48)57-53(49)35-43)41-26-23-38(24-27-41)45-21-12-18-39-17-11-20-44(54(39)45)37-15-7-4-8-16-37/h4,7-12,15-36H,3,5-6,13-14H2,1-2H3. The lowest BCUT2D eigenvalue weighted by molar-refractivity contribution is 0.443. The first kappa shape index (κ1) is 33.9. The second-order valence-electron chi connectivity index (χ2n) is 16.7. The van der Waals surface area contributed by atoms with Crippen molar-refractivity contribution in [3.63, 3.8) is 0 Å². The number of hydrogen-bond acceptors (Lipinski definition) is 2. The Labute approximate surface area is 335 Å². The van der Waals surface area contributed by atoms with Gasteiger partial charge >= 0.3 is 0 Å². The van der Waals surface area contributed by atoms with Crippen molar-refractivity contribution >= 4 is 49.8 Å². The van der Waals surface area contributed by atoms with E-state index in [0.29, 0.717) is 5.92 Å². The van der Waals surface area contributed by atoms with Crippen LogP contribution in [-0.2, 0) is 5.41 Å². The molecule has 0 atom stereocenters. The summed E-state index contributed by atoms with van der Waals surface area (Å²) in [6, 6.07) is 62.7. The van der Waals surface area contributed by atoms with Gasteiger partial charge in [-0.2, -0.15) is 0 Å². The maximum absolute atomic E-state index is 6.46. The van der Waals surface area contributed by atoms with E-state index in [1.54, 1.807) is 0 Å². The van der Waals surface area contributed by atoms with Crippen LogP contribution >= 0.6 is 0 Å². The number of rotatable bonds is 6. The van der Waals surface area contributed by atoms with Crippen molar-refractivity contribution < 1.29 is 4.42 Å². The lowest BCUT2D eigenvalue weighted by Crippen LogP contribution is -2.17. The Morgan fingerprint density at radius 3 is 1.86 bits per heavy atom. The number of hydrogen-bond donors (Lipinski definition) is 0. The normalized spacial score (nSPS) is 14.9. The molecule has 0 N–H and O–H groups in total. The van der Waals surface area contributed by atoms with E-state index in [4.69, 9.17) is 4.42 Å². The Balaban J connectivity index is 1.04. The zero-order chi connectivity index (χ0) is 38.1. The molecule has 2 aliphatic carbocycles. The predicted octanol–water partition coefficient (Wildman–Crippen LogP) is 15.9. The molecule has 1 saturated carbocycles. The summed E-state index contributed by atoms with van der Waals surface area (Å²) in [5.74, 6) is 0.685. The molecule has 0 saturated heterocycles. The molecular formula is C55H45NO. The topological polar surface area (TPSA) is 16.4 Å². The van der Waals surface area contributed by atoms with Crippen LogP contribution in [0.1, 0.15) is 68.6 Å². The van der Waals surface area contributed by atoms with Crippen LogP contribution in [0.5, 0.6) is 0 Å². The fraction of sp³-hybridized carbons (Fsp3) is 0.164. The van der Waals surface area contributed by atoms with Crippen molar-refractivity contribution in [3.05, 3.63) is 187 Å². The van der Waals surface area contributed by atoms with Gasteiger partial charge in [0, 0.05) is 39.3 Å². The van der Waals surface area contributed by atoms with E-state index in [1.165, 1.54) is 92.9 Å². The monoisotopic (exact) mass is 735 g/mol. The highest BCUT2D eigenvalue weighted by Crippen LogP contribution is 2.52. The number of anilines is 3. The largest absolute Gasteiger partial charge is 0.456 e. The molecule has 1 fully saturated rings. The maximum atomic E-state index is 6.46. The zero-order valence-corrected chi connectivity index (χ0v) is 32.6. The van der Waals surface area contributed by atoms with Crippen LogP contribution in [0.4, 0.5) is 17.1 Å². The predicted molar refractivity (Wildman–Crippen MR) is 240 cm³/mol. The van der Waals surface area contributed by atoms with Crippen LogP contribution in [0, 0.1) is 0 Å². The van der Waals surface area contributed by atoms with Crippen LogP contribution in [0.3, 0.4) is 0 Å². The van der Waals surface area contributed by atoms with Gasteiger partial charge in [0.2, 0.25) is 0 Å². The molecular weight excluding hydrogens is 691 g/mol. The fourth-order valence-electron chi connectivity index (χ4n) is 10.1. The van der Waals surface area contributed by atoms with Crippen LogP contribution in [-0.4, -0.2) is 0 Å². The Kier molecular flexibility index (Phi) is 7.96. The molecule has 11 rings (SSSR count). The van der Waals surface area contributed by atoms with Crippen LogP contribution in [0.25, 0.3) is 66.1 Å². The molecule has 8 aromatic carbocycles. The molecule has 2 heteroatoms. The summed E-state index contributed by atoms with van der Waals surface area (Å²) in [5.41, 5.74) is 17.0. The van der Waals surface area contributed by atoms with E-state index in [-0.39, 0.29) is 5.41 Å². The highest BCUT2D eigenvalue weighted by molar-refractivity contribution is 6.07. The highest BCUT2D eigenvalue weighted by atomic mass is 16.3. The van der Waals surface area contributed by atoms with Gasteiger partial charge in [0.1, 0.15) is 11.2 Å². The van der Waals surface area contributed by atoms with Gasteiger partial charge in [0.15, 0.2) is 0 Å². The molecule has 0 bridgehead atoms. The van der Waals surface area contributed by atoms with E-state index in [0.717, 1.165) is 39.0 Å². The van der Waals surface area contributed by atoms with Gasteiger partial charge in [-0.05, 0) is 122 Å². The third-order valence-corrected chi connectivity index (χ3v) is 13.1. The summed E-state index contributed by atoms with van der Waals surface area (Å²) in [7, 11) is 0. The Bertz CT molecular complexity index is 2960. The number of fused-ring (bicyclic) bond motifs is 7. The first-order chi connectivity index (χ1) is 28.0. The third-order valence-electron chi connectivity index (χ3n) is 13.1. The van der Waals surface area contributed by atoms with Crippen molar-refractivity contribution in [2.45, 2.75) is 57.3 Å². The summed E-state index contributed by atoms with van der Waals surface area (Å²) in [6.45, 7) is 4.83. The summed E-state index contributed by atoms with van der Waals surface area (Å²) >= 11 is 0. The molecule has 57 heavy (non-hydrogen) atoms. The molecule has 0 radical (unpaired) electrons. The van der Waals surface area contributed by atoms with Gasteiger partial charge < -0.3 is 9.32 Å². The lowest BCUT2D eigenvalue weighted by atomic mass is 9.79. The van der Waals surface area contributed by atoms with E-state index < -0.39 is 0 Å². The van der Waals surface area contributed by atoms with Crippen LogP contribution in [0.15, 0.2) is 174 Å². The minimum atomic E-state index is -0.117. The third kappa shape index (κ3) is 5.61. The van der Waals surface area contributed by atoms with Crippen molar-refractivity contribution in [2.75, 3.05) is 4.90 Å². The average molecular weight is 736 g/mol. The molecule has 0 unspecified atom stereocenters. The first-order valence-electron chi connectivity index (χ1n) is 20.7. The minimum Gasteiger partial charge on any atom is -0.456 e. The molecule has 2 nitrogen and oxygen atoms in total. The van der Waals surface area contributed by atoms with E-state index in [2.05, 4.69) is 183 Å². The molecule has 0 amide bonds. The van der Waals surface area contributed by atoms with Gasteiger partial charge in [-0.15, -0.1) is 0 Å². The van der Waals surface area contributed by atoms with Crippen molar-refractivity contribution in [2.24, 2.45) is 0 Å². The summed E-state index contributed by atoms with van der Waals surface area (Å²) in [4.78, 5) is 2.40. The fourth-order valence-corrected chi connectivity index (χ4v) is 10.1. The molecule has 1 aromatic heterocycles. The van der Waals surface area contributed by atoms with Gasteiger partial charge in [-0.25, -0.2) is 0 Å². The van der Waals surface area contributed by atoms with Crippen molar-refractivity contribution in [3.8, 4) is 33.4 Å². The number of para-hydroxylation sites is 1. The molecule has 2 aliphatic rings. The highest BCUT2D eigenvalue weighted by Gasteiger charge is 2.37. The Morgan fingerprint density at radius 1 is 0.474 bits per heavy atom. The Morgan fingerprint density at radius 2 is 1.09 bits per heavy atom. The van der Waals surface area contributed by atoms with Gasteiger partial charge in [0.05, 0.1) is 0 Å². The number of furan rings is 1. The summed E-state index contributed by atoms with van der Waals surface area (Å²) in [5, 5.41) is 4.79. The molecule has 276 valence electrons. The minimum absolute atomic E-state index is 0.117. The van der Waals surface area contributed by atoms with E-state index in [9.17, 15) is 0 Å². The quantitative estimate of drug-likeness (QED) is 0.169. The van der Waals surface area contributed by atoms with Gasteiger partial charge in [0.25, 0.3) is 0 Å². The SMILES string of the molecule is CC1(C)c2cc(C3CCCCC3)ccc2-c2ccc(N(c3ccc(-c4cccc5cccc(-c6ccccc6)c45)cc3)c3ccc4c(c3)oc3ccccc34)cc21. The molecule has 9 aromatic rings. The van der Waals surface area contributed by atoms with Crippen molar-refractivity contribution in [1.82, 2.24) is 0 Å². The molecule has 1 heterocycles. The second kappa shape index (κ2) is 13.4. The number of nitrogens with zero attached hydrogens (tertiary/aromatic N) is 1. The zero-order valence-electron chi connectivity index (χ0n) is 32.6. The average Bonchev–Trinajstić information content (AvgIpc) is 3.75. The maximum Gasteiger partial charge on any atom is 0.137 e. The van der Waals surface area contributed by atoms with Gasteiger partial charge in [-0.1, -0.05) is 154 Å². The van der Waals surface area contributed by atoms with Gasteiger partial charge in [-0.3, -0.25) is 0 Å². The molecule has 0 spiro atoms. The molecule has 0 aliphatic heterocycles.